The van der Waals surface area contributed by atoms with Gasteiger partial charge in [-0.3, -0.25) is 15.0 Å². The van der Waals surface area contributed by atoms with Gasteiger partial charge in [-0.2, -0.15) is 13.2 Å². The molecule has 0 amide bonds. The van der Waals surface area contributed by atoms with Crippen molar-refractivity contribution in [3.8, 4) is 0 Å². The molecular weight excluding hydrogens is 285 g/mol. The van der Waals surface area contributed by atoms with Gasteiger partial charge in [0.25, 0.3) is 0 Å². The van der Waals surface area contributed by atoms with Crippen LogP contribution in [0.2, 0.25) is 0 Å². The second kappa shape index (κ2) is 5.76. The molecule has 0 bridgehead atoms. The third kappa shape index (κ3) is 4.10. The van der Waals surface area contributed by atoms with Crippen molar-refractivity contribution in [2.75, 3.05) is 6.54 Å². The summed E-state index contributed by atoms with van der Waals surface area (Å²) in [7, 11) is 0. The molecule has 0 heterocycles. The molecule has 7 heteroatoms. The first-order chi connectivity index (χ1) is 9.63. The van der Waals surface area contributed by atoms with Gasteiger partial charge in [0.15, 0.2) is 0 Å². The Bertz CT molecular complexity index is 396. The number of rotatable bonds is 6. The summed E-state index contributed by atoms with van der Waals surface area (Å²) < 4.78 is 38.2. The average Bonchev–Trinajstić information content (AvgIpc) is 3.06. The Labute approximate surface area is 122 Å². The van der Waals surface area contributed by atoms with Crippen molar-refractivity contribution >= 4 is 5.97 Å². The summed E-state index contributed by atoms with van der Waals surface area (Å²) in [5.41, 5.74) is -1.09. The number of carbonyl (C=O) groups is 1. The van der Waals surface area contributed by atoms with Crippen LogP contribution in [0.1, 0.15) is 46.0 Å². The zero-order valence-corrected chi connectivity index (χ0v) is 12.4. The van der Waals surface area contributed by atoms with Gasteiger partial charge < -0.3 is 5.11 Å². The van der Waals surface area contributed by atoms with Crippen molar-refractivity contribution in [2.24, 2.45) is 0 Å². The van der Waals surface area contributed by atoms with Crippen molar-refractivity contribution in [3.63, 3.8) is 0 Å². The number of hydrogen-bond acceptors (Lipinski definition) is 3. The van der Waals surface area contributed by atoms with Gasteiger partial charge in [0.1, 0.15) is 5.54 Å². The second-order valence-electron chi connectivity index (χ2n) is 6.60. The minimum absolute atomic E-state index is 0.0168. The second-order valence-corrected chi connectivity index (χ2v) is 6.60. The van der Waals surface area contributed by atoms with Gasteiger partial charge in [-0.1, -0.05) is 0 Å². The lowest BCUT2D eigenvalue weighted by Crippen LogP contribution is -2.54. The number of alkyl halides is 3. The molecule has 0 aromatic heterocycles. The number of nitrogens with zero attached hydrogens (tertiary/aromatic N) is 1. The van der Waals surface area contributed by atoms with Crippen LogP contribution < -0.4 is 5.32 Å². The normalized spacial score (nSPS) is 30.3. The summed E-state index contributed by atoms with van der Waals surface area (Å²) >= 11 is 0. The van der Waals surface area contributed by atoms with Crippen molar-refractivity contribution in [1.29, 1.82) is 0 Å². The molecule has 0 spiro atoms. The molecule has 21 heavy (non-hydrogen) atoms. The molecule has 0 aromatic rings. The summed E-state index contributed by atoms with van der Waals surface area (Å²) in [5, 5.41) is 12.5. The topological polar surface area (TPSA) is 52.6 Å². The van der Waals surface area contributed by atoms with Gasteiger partial charge in [0, 0.05) is 18.1 Å². The smallest absolute Gasteiger partial charge is 0.401 e. The Hall–Kier alpha value is -0.820. The Balaban J connectivity index is 2.09. The van der Waals surface area contributed by atoms with Gasteiger partial charge in [0.05, 0.1) is 6.54 Å². The van der Waals surface area contributed by atoms with Crippen molar-refractivity contribution in [1.82, 2.24) is 10.2 Å². The summed E-state index contributed by atoms with van der Waals surface area (Å²) in [6.07, 6.45) is -1.55. The lowest BCUT2D eigenvalue weighted by Gasteiger charge is -2.32. The fourth-order valence-electron chi connectivity index (χ4n) is 3.41. The zero-order valence-electron chi connectivity index (χ0n) is 12.4. The maximum Gasteiger partial charge on any atom is 0.401 e. The average molecular weight is 308 g/mol. The van der Waals surface area contributed by atoms with Crippen LogP contribution >= 0.6 is 0 Å². The van der Waals surface area contributed by atoms with Crippen LogP contribution in [0.15, 0.2) is 0 Å². The first kappa shape index (κ1) is 16.5. The van der Waals surface area contributed by atoms with E-state index < -0.39 is 24.2 Å². The van der Waals surface area contributed by atoms with Crippen LogP contribution in [0, 0.1) is 0 Å². The van der Waals surface area contributed by atoms with Gasteiger partial charge in [-0.15, -0.1) is 0 Å². The third-order valence-corrected chi connectivity index (χ3v) is 4.31. The Kier molecular flexibility index (Phi) is 4.54. The number of carboxylic acids is 1. The zero-order chi connectivity index (χ0) is 15.8. The summed E-state index contributed by atoms with van der Waals surface area (Å²) in [6.45, 7) is 2.78. The van der Waals surface area contributed by atoms with Crippen LogP contribution in [0.5, 0.6) is 0 Å². The molecule has 122 valence electrons. The lowest BCUT2D eigenvalue weighted by molar-refractivity contribution is -0.153. The van der Waals surface area contributed by atoms with Crippen LogP contribution in [0.3, 0.4) is 0 Å². The van der Waals surface area contributed by atoms with E-state index in [-0.39, 0.29) is 24.5 Å². The minimum atomic E-state index is -4.23. The molecule has 2 saturated carbocycles. The third-order valence-electron chi connectivity index (χ3n) is 4.31. The largest absolute Gasteiger partial charge is 0.480 e. The highest BCUT2D eigenvalue weighted by Crippen LogP contribution is 2.40. The van der Waals surface area contributed by atoms with Crippen LogP contribution in [0.25, 0.3) is 0 Å². The number of halogens is 3. The minimum Gasteiger partial charge on any atom is -0.480 e. The number of hydrogen-bond donors (Lipinski definition) is 2. The van der Waals surface area contributed by atoms with Crippen LogP contribution in [-0.4, -0.2) is 52.4 Å². The maximum atomic E-state index is 12.7. The van der Waals surface area contributed by atoms with Crippen LogP contribution in [-0.2, 0) is 4.79 Å². The van der Waals surface area contributed by atoms with Gasteiger partial charge in [-0.25, -0.2) is 0 Å². The van der Waals surface area contributed by atoms with E-state index in [1.165, 1.54) is 4.90 Å². The van der Waals surface area contributed by atoms with E-state index in [4.69, 9.17) is 0 Å². The molecule has 0 saturated heterocycles. The van der Waals surface area contributed by atoms with Crippen LogP contribution in [0.4, 0.5) is 13.2 Å². The number of aliphatic carboxylic acids is 1. The van der Waals surface area contributed by atoms with Crippen molar-refractivity contribution < 1.29 is 23.1 Å². The quantitative estimate of drug-likeness (QED) is 0.791. The highest BCUT2D eigenvalue weighted by atomic mass is 19.4. The standard InChI is InChI=1S/C14H23F3N2O2/c1-9(2)18-13(12(20)21)6-5-11(7-13)19(10-3-4-10)8-14(15,16)17/h9-11,18H,3-8H2,1-2H3,(H,20,21). The Morgan fingerprint density at radius 3 is 2.38 bits per heavy atom. The molecule has 2 rings (SSSR count). The maximum absolute atomic E-state index is 12.7. The molecule has 0 aromatic carbocycles. The summed E-state index contributed by atoms with van der Waals surface area (Å²) in [4.78, 5) is 13.1. The molecule has 4 nitrogen and oxygen atoms in total. The number of nitrogens with one attached hydrogen (secondary N) is 1. The van der Waals surface area contributed by atoms with E-state index in [0.717, 1.165) is 12.8 Å². The van der Waals surface area contributed by atoms with Gasteiger partial charge in [0.2, 0.25) is 0 Å². The van der Waals surface area contributed by atoms with Gasteiger partial charge >= 0.3 is 12.1 Å². The fraction of sp³-hybridized carbons (Fsp3) is 0.929. The van der Waals surface area contributed by atoms with Crippen molar-refractivity contribution in [2.45, 2.75) is 75.8 Å². The molecule has 2 aliphatic carbocycles. The van der Waals surface area contributed by atoms with E-state index in [1.807, 2.05) is 13.8 Å². The van der Waals surface area contributed by atoms with E-state index in [2.05, 4.69) is 5.32 Å². The molecule has 0 aliphatic heterocycles. The van der Waals surface area contributed by atoms with E-state index in [1.54, 1.807) is 0 Å². The predicted molar refractivity (Wildman–Crippen MR) is 72.1 cm³/mol. The first-order valence-corrected chi connectivity index (χ1v) is 7.46. The SMILES string of the molecule is CC(C)NC1(C(=O)O)CCC(N(CC(F)(F)F)C2CC2)C1. The number of carboxylic acid groups (broad SMARTS) is 1. The van der Waals surface area contributed by atoms with Gasteiger partial charge in [-0.05, 0) is 46.0 Å². The Morgan fingerprint density at radius 1 is 1.33 bits per heavy atom. The highest BCUT2D eigenvalue weighted by molar-refractivity contribution is 5.79. The Morgan fingerprint density at radius 2 is 1.95 bits per heavy atom. The summed E-state index contributed by atoms with van der Waals surface area (Å²) in [6, 6.07) is -0.349. The molecule has 0 radical (unpaired) electrons. The predicted octanol–water partition coefficient (Wildman–Crippen LogP) is 2.39. The fourth-order valence-corrected chi connectivity index (χ4v) is 3.41. The van der Waals surface area contributed by atoms with E-state index in [9.17, 15) is 23.1 Å². The summed E-state index contributed by atoms with van der Waals surface area (Å²) in [5.74, 6) is -0.957. The molecule has 2 atom stereocenters. The van der Waals surface area contributed by atoms with E-state index >= 15 is 0 Å². The molecule has 2 fully saturated rings. The van der Waals surface area contributed by atoms with E-state index in [0.29, 0.717) is 12.8 Å². The monoisotopic (exact) mass is 308 g/mol. The molecular formula is C14H23F3N2O2. The first-order valence-electron chi connectivity index (χ1n) is 7.46. The molecule has 2 unspecified atom stereocenters. The highest BCUT2D eigenvalue weighted by Gasteiger charge is 2.51. The lowest BCUT2D eigenvalue weighted by atomic mass is 9.96. The molecule has 2 aliphatic rings. The van der Waals surface area contributed by atoms with Crippen molar-refractivity contribution in [3.05, 3.63) is 0 Å². The molecule has 2 N–H and O–H groups in total.